The minimum atomic E-state index is 0.858. The van der Waals surface area contributed by atoms with Crippen LogP contribution in [0.3, 0.4) is 0 Å². The molecule has 1 aromatic rings. The summed E-state index contributed by atoms with van der Waals surface area (Å²) in [7, 11) is 0. The third-order valence-electron chi connectivity index (χ3n) is 1.48. The Morgan fingerprint density at radius 3 is 3.25 bits per heavy atom. The van der Waals surface area contributed by atoms with Crippen molar-refractivity contribution in [2.75, 3.05) is 12.3 Å². The van der Waals surface area contributed by atoms with Crippen molar-refractivity contribution in [2.45, 2.75) is 6.54 Å². The molecule has 2 rings (SSSR count). The first kappa shape index (κ1) is 8.07. The van der Waals surface area contributed by atoms with E-state index >= 15 is 0 Å². The Morgan fingerprint density at radius 1 is 1.58 bits per heavy atom. The number of thioether (sulfide) groups is 1. The van der Waals surface area contributed by atoms with Gasteiger partial charge >= 0.3 is 0 Å². The van der Waals surface area contributed by atoms with E-state index in [2.05, 4.69) is 15.3 Å². The molecule has 1 N–H and O–H groups in total. The second-order valence-corrected chi connectivity index (χ2v) is 4.41. The van der Waals surface area contributed by atoms with Crippen LogP contribution in [-0.4, -0.2) is 22.4 Å². The lowest BCUT2D eigenvalue weighted by Gasteiger charge is -2.00. The van der Waals surface area contributed by atoms with E-state index in [4.69, 9.17) is 0 Å². The molecule has 0 radical (unpaired) electrons. The topological polar surface area (TPSA) is 37.3 Å². The van der Waals surface area contributed by atoms with Crippen LogP contribution in [0.15, 0.2) is 16.7 Å². The third kappa shape index (κ3) is 1.98. The number of aromatic nitrogens is 1. The van der Waals surface area contributed by atoms with Crippen LogP contribution in [0.4, 0.5) is 0 Å². The highest BCUT2D eigenvalue weighted by atomic mass is 32.2. The number of hydrogen-bond acceptors (Lipinski definition) is 5. The van der Waals surface area contributed by atoms with Gasteiger partial charge in [0.05, 0.1) is 18.6 Å². The maximum Gasteiger partial charge on any atom is 0.156 e. The van der Waals surface area contributed by atoms with Crippen molar-refractivity contribution in [3.05, 3.63) is 16.6 Å². The summed E-state index contributed by atoms with van der Waals surface area (Å²) in [5, 5.41) is 4.34. The number of nitrogens with one attached hydrogen (secondary N) is 1. The molecule has 0 fully saturated rings. The first-order valence-electron chi connectivity index (χ1n) is 3.73. The molecule has 0 unspecified atom stereocenters. The first-order chi connectivity index (χ1) is 5.95. The number of rotatable bonds is 2. The average molecular weight is 199 g/mol. The fourth-order valence-corrected chi connectivity index (χ4v) is 2.20. The summed E-state index contributed by atoms with van der Waals surface area (Å²) in [6.07, 6.45) is 1.89. The maximum absolute atomic E-state index is 4.29. The van der Waals surface area contributed by atoms with E-state index in [0.29, 0.717) is 0 Å². The maximum atomic E-state index is 4.29. The number of amidine groups is 1. The summed E-state index contributed by atoms with van der Waals surface area (Å²) >= 11 is 3.46. The Morgan fingerprint density at radius 2 is 2.58 bits per heavy atom. The monoisotopic (exact) mass is 199 g/mol. The molecule has 0 spiro atoms. The van der Waals surface area contributed by atoms with Crippen molar-refractivity contribution in [3.8, 4) is 0 Å². The van der Waals surface area contributed by atoms with Gasteiger partial charge in [0, 0.05) is 16.8 Å². The Bertz CT molecular complexity index is 268. The van der Waals surface area contributed by atoms with Gasteiger partial charge in [-0.15, -0.1) is 11.3 Å². The van der Waals surface area contributed by atoms with E-state index in [-0.39, 0.29) is 0 Å². The molecule has 0 amide bonds. The average Bonchev–Trinajstić information content (AvgIpc) is 2.74. The highest BCUT2D eigenvalue weighted by Gasteiger charge is 2.05. The highest BCUT2D eigenvalue weighted by Crippen LogP contribution is 2.11. The molecule has 0 aromatic carbocycles. The van der Waals surface area contributed by atoms with Crippen molar-refractivity contribution < 1.29 is 0 Å². The van der Waals surface area contributed by atoms with Crippen LogP contribution < -0.4 is 5.32 Å². The van der Waals surface area contributed by atoms with Crippen molar-refractivity contribution in [1.82, 2.24) is 10.3 Å². The molecule has 3 nitrogen and oxygen atoms in total. The minimum absolute atomic E-state index is 0.858. The Balaban J connectivity index is 1.82. The molecule has 1 aromatic heterocycles. The molecule has 64 valence electrons. The lowest BCUT2D eigenvalue weighted by atomic mass is 10.5. The quantitative estimate of drug-likeness (QED) is 0.781. The van der Waals surface area contributed by atoms with Gasteiger partial charge < -0.3 is 5.32 Å². The summed E-state index contributed by atoms with van der Waals surface area (Å²) in [5.74, 6) is 1.12. The van der Waals surface area contributed by atoms with Crippen LogP contribution in [0.5, 0.6) is 0 Å². The summed E-state index contributed by atoms with van der Waals surface area (Å²) in [6.45, 7) is 1.81. The number of thiazole rings is 1. The van der Waals surface area contributed by atoms with E-state index in [1.54, 1.807) is 23.1 Å². The van der Waals surface area contributed by atoms with Crippen LogP contribution in [0.1, 0.15) is 4.88 Å². The van der Waals surface area contributed by atoms with Gasteiger partial charge in [0.1, 0.15) is 0 Å². The van der Waals surface area contributed by atoms with Gasteiger partial charge in [0.2, 0.25) is 0 Å². The second kappa shape index (κ2) is 3.91. The summed E-state index contributed by atoms with van der Waals surface area (Å²) in [5.41, 5.74) is 1.85. The first-order valence-corrected chi connectivity index (χ1v) is 5.60. The van der Waals surface area contributed by atoms with Gasteiger partial charge in [-0.25, -0.2) is 0 Å². The molecule has 5 heteroatoms. The molecule has 0 aliphatic carbocycles. The zero-order valence-corrected chi connectivity index (χ0v) is 8.12. The van der Waals surface area contributed by atoms with E-state index < -0.39 is 0 Å². The molecule has 0 bridgehead atoms. The smallest absolute Gasteiger partial charge is 0.156 e. The fourth-order valence-electron chi connectivity index (χ4n) is 0.934. The largest absolute Gasteiger partial charge is 0.360 e. The van der Waals surface area contributed by atoms with E-state index in [1.165, 1.54) is 4.88 Å². The Labute approximate surface area is 79.3 Å². The normalized spacial score (nSPS) is 16.2. The molecule has 12 heavy (non-hydrogen) atoms. The van der Waals surface area contributed by atoms with Crippen LogP contribution >= 0.6 is 23.1 Å². The van der Waals surface area contributed by atoms with E-state index in [1.807, 2.05) is 11.7 Å². The zero-order chi connectivity index (χ0) is 8.23. The molecule has 0 saturated carbocycles. The molecule has 1 aliphatic heterocycles. The minimum Gasteiger partial charge on any atom is -0.360 e. The van der Waals surface area contributed by atoms with Crippen LogP contribution in [0.2, 0.25) is 0 Å². The molecule has 1 aliphatic rings. The predicted octanol–water partition coefficient (Wildman–Crippen LogP) is 1.34. The summed E-state index contributed by atoms with van der Waals surface area (Å²) in [4.78, 5) is 9.54. The molecular weight excluding hydrogens is 190 g/mol. The molecular formula is C7H9N3S2. The van der Waals surface area contributed by atoms with Crippen LogP contribution in [0, 0.1) is 0 Å². The number of nitrogens with zero attached hydrogens (tertiary/aromatic N) is 2. The van der Waals surface area contributed by atoms with Gasteiger partial charge in [0.25, 0.3) is 0 Å². The Kier molecular flexibility index (Phi) is 2.63. The number of hydrogen-bond donors (Lipinski definition) is 1. The molecule has 2 heterocycles. The van der Waals surface area contributed by atoms with Gasteiger partial charge in [-0.2, -0.15) is 0 Å². The fraction of sp³-hybridized carbons (Fsp3) is 0.429. The van der Waals surface area contributed by atoms with Crippen molar-refractivity contribution in [2.24, 2.45) is 4.99 Å². The van der Waals surface area contributed by atoms with Crippen molar-refractivity contribution in [3.63, 3.8) is 0 Å². The summed E-state index contributed by atoms with van der Waals surface area (Å²) in [6, 6.07) is 0. The Hall–Kier alpha value is -0.550. The predicted molar refractivity (Wildman–Crippen MR) is 53.7 cm³/mol. The standard InChI is InChI=1S/C7H9N3S2/c1-2-11-7(9-1)10-4-6-3-8-5-12-6/h3,5H,1-2,4H2,(H,9,10). The van der Waals surface area contributed by atoms with Crippen LogP contribution in [-0.2, 0) is 6.54 Å². The summed E-state index contributed by atoms with van der Waals surface area (Å²) < 4.78 is 0. The van der Waals surface area contributed by atoms with Crippen LogP contribution in [0.25, 0.3) is 0 Å². The highest BCUT2D eigenvalue weighted by molar-refractivity contribution is 8.14. The van der Waals surface area contributed by atoms with Gasteiger partial charge in [-0.05, 0) is 0 Å². The lowest BCUT2D eigenvalue weighted by Crippen LogP contribution is -2.17. The SMILES string of the molecule is c1ncc(CNC2=NCCS2)s1. The lowest BCUT2D eigenvalue weighted by molar-refractivity contribution is 0.938. The second-order valence-electron chi connectivity index (χ2n) is 2.36. The van der Waals surface area contributed by atoms with E-state index in [9.17, 15) is 0 Å². The van der Waals surface area contributed by atoms with Gasteiger partial charge in [-0.3, -0.25) is 9.98 Å². The van der Waals surface area contributed by atoms with Gasteiger partial charge in [0.15, 0.2) is 5.17 Å². The number of aliphatic imine (C=N–C) groups is 1. The molecule has 0 saturated heterocycles. The van der Waals surface area contributed by atoms with Crippen molar-refractivity contribution in [1.29, 1.82) is 0 Å². The van der Waals surface area contributed by atoms with Crippen molar-refractivity contribution >= 4 is 28.3 Å². The van der Waals surface area contributed by atoms with Gasteiger partial charge in [-0.1, -0.05) is 11.8 Å². The zero-order valence-electron chi connectivity index (χ0n) is 6.49. The molecule has 0 atom stereocenters. The third-order valence-corrected chi connectivity index (χ3v) is 3.20. The van der Waals surface area contributed by atoms with E-state index in [0.717, 1.165) is 24.0 Å².